The highest BCUT2D eigenvalue weighted by atomic mass is 16.3. The highest BCUT2D eigenvalue weighted by Crippen LogP contribution is 2.32. The molecule has 17 heavy (non-hydrogen) atoms. The third-order valence-corrected chi connectivity index (χ3v) is 3.38. The van der Waals surface area contributed by atoms with Crippen LogP contribution in [-0.2, 0) is 5.41 Å². The normalized spacial score (nSPS) is 11.7. The molecule has 1 aromatic carbocycles. The van der Waals surface area contributed by atoms with Gasteiger partial charge in [-0.3, -0.25) is 0 Å². The number of benzene rings is 1. The second kappa shape index (κ2) is 5.95. The van der Waals surface area contributed by atoms with Gasteiger partial charge in [0.25, 0.3) is 0 Å². The summed E-state index contributed by atoms with van der Waals surface area (Å²) in [5, 5.41) is 9.59. The lowest BCUT2D eigenvalue weighted by Crippen LogP contribution is -2.17. The smallest absolute Gasteiger partial charge is 0.117 e. The fourth-order valence-electron chi connectivity index (χ4n) is 2.16. The van der Waals surface area contributed by atoms with Gasteiger partial charge in [-0.05, 0) is 29.5 Å². The molecule has 1 rings (SSSR count). The molecule has 0 aliphatic rings. The maximum atomic E-state index is 9.59. The zero-order valence-electron chi connectivity index (χ0n) is 11.3. The number of hydrogen-bond acceptors (Lipinski definition) is 2. The first-order chi connectivity index (χ1) is 7.95. The minimum absolute atomic E-state index is 0.0839. The van der Waals surface area contributed by atoms with E-state index in [1.54, 1.807) is 6.07 Å². The molecular weight excluding hydrogens is 210 g/mol. The second-order valence-corrected chi connectivity index (χ2v) is 5.51. The Bertz CT molecular complexity index is 338. The Morgan fingerprint density at radius 3 is 2.41 bits per heavy atom. The van der Waals surface area contributed by atoms with Crippen molar-refractivity contribution in [2.75, 3.05) is 5.73 Å². The Morgan fingerprint density at radius 2 is 1.82 bits per heavy atom. The monoisotopic (exact) mass is 235 g/mol. The summed E-state index contributed by atoms with van der Waals surface area (Å²) >= 11 is 0. The molecule has 0 unspecified atom stereocenters. The minimum Gasteiger partial charge on any atom is -0.508 e. The third kappa shape index (κ3) is 4.29. The number of nitrogens with two attached hydrogens (primary N) is 1. The van der Waals surface area contributed by atoms with E-state index in [9.17, 15) is 5.11 Å². The number of aromatic hydroxyl groups is 1. The summed E-state index contributed by atoms with van der Waals surface area (Å²) in [6.07, 6.45) is 6.22. The van der Waals surface area contributed by atoms with E-state index < -0.39 is 0 Å². The van der Waals surface area contributed by atoms with Crippen molar-refractivity contribution < 1.29 is 5.11 Å². The van der Waals surface area contributed by atoms with Crippen molar-refractivity contribution in [3.63, 3.8) is 0 Å². The first kappa shape index (κ1) is 13.9. The molecule has 96 valence electrons. The van der Waals surface area contributed by atoms with Gasteiger partial charge >= 0.3 is 0 Å². The van der Waals surface area contributed by atoms with E-state index in [1.807, 2.05) is 12.1 Å². The molecule has 0 saturated heterocycles. The molecule has 0 aliphatic heterocycles. The van der Waals surface area contributed by atoms with Gasteiger partial charge in [0.1, 0.15) is 5.75 Å². The fraction of sp³-hybridized carbons (Fsp3) is 0.600. The molecule has 0 atom stereocenters. The van der Waals surface area contributed by atoms with Gasteiger partial charge in [0.05, 0.1) is 0 Å². The Balaban J connectivity index is 2.67. The lowest BCUT2D eigenvalue weighted by atomic mass is 9.79. The Kier molecular flexibility index (Phi) is 4.86. The summed E-state index contributed by atoms with van der Waals surface area (Å²) in [7, 11) is 0. The average Bonchev–Trinajstić information content (AvgIpc) is 2.23. The summed E-state index contributed by atoms with van der Waals surface area (Å²) < 4.78 is 0. The Labute approximate surface area is 105 Å². The Morgan fingerprint density at radius 1 is 1.12 bits per heavy atom. The molecule has 0 spiro atoms. The van der Waals surface area contributed by atoms with Crippen LogP contribution in [0.2, 0.25) is 0 Å². The van der Waals surface area contributed by atoms with Gasteiger partial charge in [-0.25, -0.2) is 0 Å². The molecule has 2 heteroatoms. The van der Waals surface area contributed by atoms with Crippen LogP contribution < -0.4 is 5.73 Å². The van der Waals surface area contributed by atoms with E-state index in [1.165, 1.54) is 25.7 Å². The van der Waals surface area contributed by atoms with Gasteiger partial charge < -0.3 is 10.8 Å². The summed E-state index contributed by atoms with van der Waals surface area (Å²) in [5.74, 6) is 0.265. The second-order valence-electron chi connectivity index (χ2n) is 5.51. The molecule has 2 nitrogen and oxygen atoms in total. The zero-order valence-corrected chi connectivity index (χ0v) is 11.3. The number of rotatable bonds is 6. The molecular formula is C15H25NO. The van der Waals surface area contributed by atoms with E-state index >= 15 is 0 Å². The van der Waals surface area contributed by atoms with Gasteiger partial charge in [0.15, 0.2) is 0 Å². The topological polar surface area (TPSA) is 46.2 Å². The van der Waals surface area contributed by atoms with Crippen LogP contribution in [0.5, 0.6) is 5.75 Å². The van der Waals surface area contributed by atoms with Crippen LogP contribution >= 0.6 is 0 Å². The van der Waals surface area contributed by atoms with Crippen LogP contribution in [0.1, 0.15) is 58.4 Å². The molecule has 0 aliphatic carbocycles. The molecule has 3 N–H and O–H groups in total. The predicted octanol–water partition coefficient (Wildman–Crippen LogP) is 4.22. The van der Waals surface area contributed by atoms with Crippen LogP contribution in [0.3, 0.4) is 0 Å². The zero-order chi connectivity index (χ0) is 12.9. The van der Waals surface area contributed by atoms with Gasteiger partial charge in [-0.1, -0.05) is 46.5 Å². The van der Waals surface area contributed by atoms with Crippen LogP contribution in [0.15, 0.2) is 18.2 Å². The van der Waals surface area contributed by atoms with Crippen LogP contribution in [0.4, 0.5) is 5.69 Å². The summed E-state index contributed by atoms with van der Waals surface area (Å²) in [4.78, 5) is 0. The van der Waals surface area contributed by atoms with E-state index in [0.717, 1.165) is 12.0 Å². The summed E-state index contributed by atoms with van der Waals surface area (Å²) in [6.45, 7) is 6.65. The number of phenolic OH excluding ortho intramolecular Hbond substituents is 1. The molecule has 0 radical (unpaired) electrons. The maximum absolute atomic E-state index is 9.59. The number of phenols is 1. The van der Waals surface area contributed by atoms with Gasteiger partial charge in [-0.2, -0.15) is 0 Å². The van der Waals surface area contributed by atoms with Crippen molar-refractivity contribution in [2.24, 2.45) is 0 Å². The van der Waals surface area contributed by atoms with Crippen LogP contribution in [-0.4, -0.2) is 5.11 Å². The van der Waals surface area contributed by atoms with E-state index in [-0.39, 0.29) is 11.2 Å². The van der Waals surface area contributed by atoms with E-state index in [0.29, 0.717) is 5.69 Å². The molecule has 0 saturated carbocycles. The van der Waals surface area contributed by atoms with Crippen LogP contribution in [0, 0.1) is 0 Å². The lowest BCUT2D eigenvalue weighted by molar-refractivity contribution is 0.438. The average molecular weight is 235 g/mol. The molecule has 0 amide bonds. The number of hydrogen-bond donors (Lipinski definition) is 2. The summed E-state index contributed by atoms with van der Waals surface area (Å²) in [5.41, 5.74) is 7.63. The minimum atomic E-state index is 0.0839. The molecule has 0 bridgehead atoms. The van der Waals surface area contributed by atoms with Crippen molar-refractivity contribution in [3.05, 3.63) is 23.8 Å². The molecule has 0 heterocycles. The van der Waals surface area contributed by atoms with Crippen molar-refractivity contribution in [3.8, 4) is 5.75 Å². The molecule has 0 fully saturated rings. The van der Waals surface area contributed by atoms with Crippen molar-refractivity contribution in [2.45, 2.75) is 58.3 Å². The number of anilines is 1. The quantitative estimate of drug-likeness (QED) is 0.572. The third-order valence-electron chi connectivity index (χ3n) is 3.38. The summed E-state index contributed by atoms with van der Waals surface area (Å²) in [6, 6.07) is 5.40. The highest BCUT2D eigenvalue weighted by molar-refractivity contribution is 5.48. The maximum Gasteiger partial charge on any atom is 0.117 e. The highest BCUT2D eigenvalue weighted by Gasteiger charge is 2.20. The van der Waals surface area contributed by atoms with Gasteiger partial charge in [0, 0.05) is 11.8 Å². The first-order valence-corrected chi connectivity index (χ1v) is 6.55. The number of unbranched alkanes of at least 4 members (excludes halogenated alkanes) is 3. The van der Waals surface area contributed by atoms with Gasteiger partial charge in [0.2, 0.25) is 0 Å². The van der Waals surface area contributed by atoms with Crippen molar-refractivity contribution in [1.29, 1.82) is 0 Å². The standard InChI is InChI=1S/C15H25NO/c1-4-5-6-7-8-15(2,3)12-9-13(16)11-14(17)10-12/h9-11,17H,4-8,16H2,1-3H3. The van der Waals surface area contributed by atoms with Gasteiger partial charge in [-0.15, -0.1) is 0 Å². The predicted molar refractivity (Wildman–Crippen MR) is 74.3 cm³/mol. The van der Waals surface area contributed by atoms with Crippen molar-refractivity contribution >= 4 is 5.69 Å². The molecule has 0 aromatic heterocycles. The van der Waals surface area contributed by atoms with E-state index in [2.05, 4.69) is 20.8 Å². The first-order valence-electron chi connectivity index (χ1n) is 6.55. The fourth-order valence-corrected chi connectivity index (χ4v) is 2.16. The van der Waals surface area contributed by atoms with Crippen molar-refractivity contribution in [1.82, 2.24) is 0 Å². The largest absolute Gasteiger partial charge is 0.508 e. The lowest BCUT2D eigenvalue weighted by Gasteiger charge is -2.26. The number of nitrogen functional groups attached to an aromatic ring is 1. The van der Waals surface area contributed by atoms with E-state index in [4.69, 9.17) is 5.73 Å². The van der Waals surface area contributed by atoms with Crippen LogP contribution in [0.25, 0.3) is 0 Å². The SMILES string of the molecule is CCCCCCC(C)(C)c1cc(N)cc(O)c1. The Hall–Kier alpha value is -1.18. The molecule has 1 aromatic rings.